The second-order valence-electron chi connectivity index (χ2n) is 6.82. The average molecular weight is 277 g/mol. The fourth-order valence-electron chi connectivity index (χ4n) is 3.39. The summed E-state index contributed by atoms with van der Waals surface area (Å²) in [7, 11) is 0. The van der Waals surface area contributed by atoms with Crippen molar-refractivity contribution in [3.63, 3.8) is 0 Å². The Labute approximate surface area is 122 Å². The maximum Gasteiger partial charge on any atom is 0.218 e. The Hall–Kier alpha value is -1.32. The van der Waals surface area contributed by atoms with Crippen molar-refractivity contribution in [2.24, 2.45) is 11.3 Å². The lowest BCUT2D eigenvalue weighted by Gasteiger charge is -2.38. The molecule has 2 atom stereocenters. The lowest BCUT2D eigenvalue weighted by Crippen LogP contribution is -2.34. The highest BCUT2D eigenvalue weighted by atomic mass is 16.5. The van der Waals surface area contributed by atoms with Gasteiger partial charge in [0.25, 0.3) is 0 Å². The summed E-state index contributed by atoms with van der Waals surface area (Å²) in [6.07, 6.45) is 3.75. The second kappa shape index (κ2) is 5.98. The van der Waals surface area contributed by atoms with Crippen molar-refractivity contribution in [2.75, 3.05) is 11.9 Å². The van der Waals surface area contributed by atoms with Gasteiger partial charge in [0.15, 0.2) is 0 Å². The highest BCUT2D eigenvalue weighted by molar-refractivity contribution is 5.38. The van der Waals surface area contributed by atoms with Gasteiger partial charge in [-0.05, 0) is 44.4 Å². The van der Waals surface area contributed by atoms with Crippen LogP contribution in [0.2, 0.25) is 0 Å². The van der Waals surface area contributed by atoms with E-state index in [0.29, 0.717) is 17.2 Å². The zero-order valence-corrected chi connectivity index (χ0v) is 13.4. The Kier molecular flexibility index (Phi) is 4.51. The van der Waals surface area contributed by atoms with Crippen LogP contribution in [-0.4, -0.2) is 22.6 Å². The van der Waals surface area contributed by atoms with Crippen molar-refractivity contribution in [1.82, 2.24) is 9.97 Å². The predicted molar refractivity (Wildman–Crippen MR) is 82.1 cm³/mol. The highest BCUT2D eigenvalue weighted by Gasteiger charge is 2.33. The van der Waals surface area contributed by atoms with Crippen LogP contribution in [0.3, 0.4) is 0 Å². The molecule has 2 unspecified atom stereocenters. The molecule has 1 aliphatic rings. The van der Waals surface area contributed by atoms with Gasteiger partial charge in [0.05, 0.1) is 0 Å². The van der Waals surface area contributed by atoms with Gasteiger partial charge in [0.1, 0.15) is 17.7 Å². The topological polar surface area (TPSA) is 47.0 Å². The Morgan fingerprint density at radius 3 is 2.75 bits per heavy atom. The predicted octanol–water partition coefficient (Wildman–Crippen LogP) is 3.81. The Morgan fingerprint density at radius 2 is 2.10 bits per heavy atom. The summed E-state index contributed by atoms with van der Waals surface area (Å²) in [5, 5.41) is 3.22. The molecule has 4 heteroatoms. The normalized spacial score (nSPS) is 25.2. The summed E-state index contributed by atoms with van der Waals surface area (Å²) in [5.74, 6) is 3.00. The molecule has 1 aromatic rings. The van der Waals surface area contributed by atoms with E-state index in [4.69, 9.17) is 4.74 Å². The molecule has 1 saturated carbocycles. The standard InChI is InChI=1S/C16H27N3O/c1-6-17-14-8-15(19-12(3)18-14)20-13-7-11(2)9-16(4,5)10-13/h8,11,13H,6-7,9-10H2,1-5H3,(H,17,18,19). The minimum atomic E-state index is 0.262. The van der Waals surface area contributed by atoms with Gasteiger partial charge in [-0.25, -0.2) is 4.98 Å². The zero-order valence-electron chi connectivity index (χ0n) is 13.4. The number of aryl methyl sites for hydroxylation is 1. The van der Waals surface area contributed by atoms with Gasteiger partial charge in [-0.2, -0.15) is 4.98 Å². The van der Waals surface area contributed by atoms with Crippen molar-refractivity contribution in [3.8, 4) is 5.88 Å². The summed E-state index contributed by atoms with van der Waals surface area (Å²) in [5.41, 5.74) is 0.356. The van der Waals surface area contributed by atoms with E-state index in [1.807, 2.05) is 13.0 Å². The number of nitrogens with one attached hydrogen (secondary N) is 1. The number of hydrogen-bond acceptors (Lipinski definition) is 4. The molecule has 112 valence electrons. The lowest BCUT2D eigenvalue weighted by atomic mass is 9.71. The van der Waals surface area contributed by atoms with Crippen molar-refractivity contribution >= 4 is 5.82 Å². The molecular weight excluding hydrogens is 250 g/mol. The van der Waals surface area contributed by atoms with Crippen LogP contribution in [-0.2, 0) is 0 Å². The van der Waals surface area contributed by atoms with Crippen LogP contribution < -0.4 is 10.1 Å². The van der Waals surface area contributed by atoms with E-state index < -0.39 is 0 Å². The van der Waals surface area contributed by atoms with E-state index in [2.05, 4.69) is 43.0 Å². The summed E-state index contributed by atoms with van der Waals surface area (Å²) >= 11 is 0. The minimum absolute atomic E-state index is 0.262. The number of nitrogens with zero attached hydrogens (tertiary/aromatic N) is 2. The molecule has 0 aromatic carbocycles. The summed E-state index contributed by atoms with van der Waals surface area (Å²) in [4.78, 5) is 8.77. The highest BCUT2D eigenvalue weighted by Crippen LogP contribution is 2.39. The van der Waals surface area contributed by atoms with E-state index in [9.17, 15) is 0 Å². The molecule has 1 aromatic heterocycles. The lowest BCUT2D eigenvalue weighted by molar-refractivity contribution is 0.0531. The first-order valence-corrected chi connectivity index (χ1v) is 7.64. The molecule has 1 N–H and O–H groups in total. The van der Waals surface area contributed by atoms with Crippen LogP contribution >= 0.6 is 0 Å². The number of aromatic nitrogens is 2. The van der Waals surface area contributed by atoms with Crippen LogP contribution in [0.1, 0.15) is 52.8 Å². The monoisotopic (exact) mass is 277 g/mol. The molecule has 1 heterocycles. The Morgan fingerprint density at radius 1 is 1.35 bits per heavy atom. The Balaban J connectivity index is 2.09. The number of ether oxygens (including phenoxy) is 1. The molecule has 20 heavy (non-hydrogen) atoms. The quantitative estimate of drug-likeness (QED) is 0.909. The van der Waals surface area contributed by atoms with E-state index in [-0.39, 0.29) is 6.10 Å². The summed E-state index contributed by atoms with van der Waals surface area (Å²) < 4.78 is 6.14. The first-order valence-electron chi connectivity index (χ1n) is 7.64. The average Bonchev–Trinajstić information content (AvgIpc) is 2.24. The van der Waals surface area contributed by atoms with Gasteiger partial charge in [-0.3, -0.25) is 0 Å². The molecule has 1 aliphatic carbocycles. The van der Waals surface area contributed by atoms with Crippen molar-refractivity contribution in [1.29, 1.82) is 0 Å². The third-order valence-electron chi connectivity index (χ3n) is 3.81. The van der Waals surface area contributed by atoms with Crippen LogP contribution in [0.4, 0.5) is 5.82 Å². The molecule has 0 aliphatic heterocycles. The van der Waals surface area contributed by atoms with Crippen LogP contribution in [0.5, 0.6) is 5.88 Å². The summed E-state index contributed by atoms with van der Waals surface area (Å²) in [6.45, 7) is 11.8. The molecule has 0 bridgehead atoms. The van der Waals surface area contributed by atoms with Gasteiger partial charge in [-0.15, -0.1) is 0 Å². The molecule has 0 amide bonds. The van der Waals surface area contributed by atoms with E-state index in [1.54, 1.807) is 0 Å². The van der Waals surface area contributed by atoms with Crippen LogP contribution in [0.25, 0.3) is 0 Å². The van der Waals surface area contributed by atoms with Crippen LogP contribution in [0, 0.1) is 18.3 Å². The van der Waals surface area contributed by atoms with Crippen molar-refractivity contribution in [3.05, 3.63) is 11.9 Å². The van der Waals surface area contributed by atoms with Gasteiger partial charge in [0, 0.05) is 12.6 Å². The first-order chi connectivity index (χ1) is 9.38. The van der Waals surface area contributed by atoms with Crippen molar-refractivity contribution in [2.45, 2.75) is 60.0 Å². The smallest absolute Gasteiger partial charge is 0.218 e. The maximum absolute atomic E-state index is 6.14. The third-order valence-corrected chi connectivity index (χ3v) is 3.81. The van der Waals surface area contributed by atoms with E-state index >= 15 is 0 Å². The molecule has 0 radical (unpaired) electrons. The number of hydrogen-bond donors (Lipinski definition) is 1. The first kappa shape index (κ1) is 15.1. The second-order valence-corrected chi connectivity index (χ2v) is 6.82. The molecule has 0 spiro atoms. The number of rotatable bonds is 4. The molecular formula is C16H27N3O. The molecule has 2 rings (SSSR count). The van der Waals surface area contributed by atoms with Gasteiger partial charge in [-0.1, -0.05) is 20.8 Å². The van der Waals surface area contributed by atoms with Crippen molar-refractivity contribution < 1.29 is 4.74 Å². The molecule has 0 saturated heterocycles. The fourth-order valence-corrected chi connectivity index (χ4v) is 3.39. The Bertz CT molecular complexity index is 459. The minimum Gasteiger partial charge on any atom is -0.474 e. The number of anilines is 1. The molecule has 4 nitrogen and oxygen atoms in total. The van der Waals surface area contributed by atoms with Gasteiger partial charge >= 0.3 is 0 Å². The molecule has 1 fully saturated rings. The van der Waals surface area contributed by atoms with E-state index in [1.165, 1.54) is 6.42 Å². The van der Waals surface area contributed by atoms with Gasteiger partial charge in [0.2, 0.25) is 5.88 Å². The van der Waals surface area contributed by atoms with Crippen LogP contribution in [0.15, 0.2) is 6.07 Å². The van der Waals surface area contributed by atoms with E-state index in [0.717, 1.165) is 31.0 Å². The largest absolute Gasteiger partial charge is 0.474 e. The summed E-state index contributed by atoms with van der Waals surface area (Å²) in [6, 6.07) is 1.91. The van der Waals surface area contributed by atoms with Gasteiger partial charge < -0.3 is 10.1 Å². The fraction of sp³-hybridized carbons (Fsp3) is 0.750. The zero-order chi connectivity index (χ0) is 14.8. The SMILES string of the molecule is CCNc1cc(OC2CC(C)CC(C)(C)C2)nc(C)n1. The third kappa shape index (κ3) is 4.09. The maximum atomic E-state index is 6.14.